The standard InChI is InChI=1S/C13H18BrNO3S/c1-13(16)4-2-10(3-5-13)9-19(17,18)12-6-11(14)7-15-8-12/h6-8,10,16H,2-5,9H2,1H3. The Bertz CT molecular complexity index is 547. The van der Waals surface area contributed by atoms with Crippen molar-refractivity contribution in [2.45, 2.75) is 43.1 Å². The SMILES string of the molecule is CC1(O)CCC(CS(=O)(=O)c2cncc(Br)c2)CC1. The van der Waals surface area contributed by atoms with E-state index in [0.717, 1.165) is 12.8 Å². The molecular formula is C13H18BrNO3S. The predicted molar refractivity (Wildman–Crippen MR) is 76.6 cm³/mol. The molecule has 4 nitrogen and oxygen atoms in total. The number of sulfone groups is 1. The van der Waals surface area contributed by atoms with Gasteiger partial charge in [-0.25, -0.2) is 8.42 Å². The van der Waals surface area contributed by atoms with E-state index in [-0.39, 0.29) is 16.6 Å². The quantitative estimate of drug-likeness (QED) is 0.912. The molecule has 0 saturated heterocycles. The van der Waals surface area contributed by atoms with Gasteiger partial charge in [0.2, 0.25) is 0 Å². The van der Waals surface area contributed by atoms with E-state index in [2.05, 4.69) is 20.9 Å². The number of hydrogen-bond acceptors (Lipinski definition) is 4. The van der Waals surface area contributed by atoms with E-state index in [1.165, 1.54) is 6.20 Å². The van der Waals surface area contributed by atoms with Gasteiger partial charge >= 0.3 is 0 Å². The number of pyridine rings is 1. The van der Waals surface area contributed by atoms with Crippen LogP contribution in [0.1, 0.15) is 32.6 Å². The Labute approximate surface area is 122 Å². The molecule has 0 aromatic carbocycles. The second-order valence-corrected chi connectivity index (χ2v) is 8.51. The minimum atomic E-state index is -3.29. The van der Waals surface area contributed by atoms with Crippen molar-refractivity contribution in [3.05, 3.63) is 22.9 Å². The first-order valence-electron chi connectivity index (χ1n) is 6.34. The van der Waals surface area contributed by atoms with Crippen LogP contribution in [0, 0.1) is 5.92 Å². The van der Waals surface area contributed by atoms with Crippen molar-refractivity contribution in [1.82, 2.24) is 4.98 Å². The molecule has 1 aliphatic rings. The van der Waals surface area contributed by atoms with E-state index in [1.54, 1.807) is 12.3 Å². The highest BCUT2D eigenvalue weighted by molar-refractivity contribution is 9.10. The summed E-state index contributed by atoms with van der Waals surface area (Å²) in [6.45, 7) is 1.82. The Hall–Kier alpha value is -0.460. The molecule has 106 valence electrons. The second kappa shape index (κ2) is 5.50. The molecule has 0 unspecified atom stereocenters. The van der Waals surface area contributed by atoms with Crippen molar-refractivity contribution in [2.75, 3.05) is 5.75 Å². The van der Waals surface area contributed by atoms with Crippen LogP contribution in [0.3, 0.4) is 0 Å². The fourth-order valence-corrected chi connectivity index (χ4v) is 4.63. The maximum absolute atomic E-state index is 12.3. The molecule has 0 bridgehead atoms. The van der Waals surface area contributed by atoms with Crippen LogP contribution in [0.2, 0.25) is 0 Å². The summed E-state index contributed by atoms with van der Waals surface area (Å²) < 4.78 is 25.2. The van der Waals surface area contributed by atoms with E-state index < -0.39 is 15.4 Å². The Morgan fingerprint density at radius 1 is 1.42 bits per heavy atom. The summed E-state index contributed by atoms with van der Waals surface area (Å²) in [4.78, 5) is 4.16. The first-order valence-corrected chi connectivity index (χ1v) is 8.79. The summed E-state index contributed by atoms with van der Waals surface area (Å²) in [5, 5.41) is 9.88. The lowest BCUT2D eigenvalue weighted by Gasteiger charge is -2.32. The van der Waals surface area contributed by atoms with Gasteiger partial charge in [0.05, 0.1) is 16.2 Å². The summed E-state index contributed by atoms with van der Waals surface area (Å²) in [5.41, 5.74) is -0.627. The van der Waals surface area contributed by atoms with Crippen molar-refractivity contribution in [2.24, 2.45) is 5.92 Å². The topological polar surface area (TPSA) is 67.3 Å². The fraction of sp³-hybridized carbons (Fsp3) is 0.615. The van der Waals surface area contributed by atoms with E-state index in [9.17, 15) is 13.5 Å². The lowest BCUT2D eigenvalue weighted by atomic mass is 9.81. The zero-order chi connectivity index (χ0) is 14.1. The minimum absolute atomic E-state index is 0.129. The summed E-state index contributed by atoms with van der Waals surface area (Å²) in [5.74, 6) is 0.269. The van der Waals surface area contributed by atoms with Crippen molar-refractivity contribution in [3.63, 3.8) is 0 Å². The molecular weight excluding hydrogens is 330 g/mol. The molecule has 1 saturated carbocycles. The maximum Gasteiger partial charge on any atom is 0.180 e. The van der Waals surface area contributed by atoms with E-state index >= 15 is 0 Å². The van der Waals surface area contributed by atoms with Gasteiger partial charge in [-0.15, -0.1) is 0 Å². The van der Waals surface area contributed by atoms with Crippen LogP contribution >= 0.6 is 15.9 Å². The smallest absolute Gasteiger partial charge is 0.180 e. The summed E-state index contributed by atoms with van der Waals surface area (Å²) in [7, 11) is -3.29. The molecule has 1 fully saturated rings. The van der Waals surface area contributed by atoms with E-state index in [0.29, 0.717) is 17.3 Å². The molecule has 1 aromatic rings. The minimum Gasteiger partial charge on any atom is -0.390 e. The molecule has 0 spiro atoms. The molecule has 2 rings (SSSR count). The zero-order valence-electron chi connectivity index (χ0n) is 10.8. The molecule has 1 aliphatic carbocycles. The third-order valence-electron chi connectivity index (χ3n) is 3.68. The molecule has 0 amide bonds. The summed E-state index contributed by atoms with van der Waals surface area (Å²) in [6, 6.07) is 1.58. The third kappa shape index (κ3) is 4.00. The monoisotopic (exact) mass is 347 g/mol. The van der Waals surface area contributed by atoms with Gasteiger partial charge in [-0.05, 0) is 60.5 Å². The summed E-state index contributed by atoms with van der Waals surface area (Å²) >= 11 is 3.23. The lowest BCUT2D eigenvalue weighted by Crippen LogP contribution is -2.32. The van der Waals surface area contributed by atoms with Crippen LogP contribution in [-0.2, 0) is 9.84 Å². The van der Waals surface area contributed by atoms with Gasteiger partial charge < -0.3 is 5.11 Å². The highest BCUT2D eigenvalue weighted by Gasteiger charge is 2.31. The molecule has 19 heavy (non-hydrogen) atoms. The normalized spacial score (nSPS) is 28.3. The first-order chi connectivity index (χ1) is 8.78. The Morgan fingerprint density at radius 2 is 2.05 bits per heavy atom. The van der Waals surface area contributed by atoms with Crippen LogP contribution in [0.25, 0.3) is 0 Å². The van der Waals surface area contributed by atoms with Crippen molar-refractivity contribution < 1.29 is 13.5 Å². The molecule has 0 atom stereocenters. The number of rotatable bonds is 3. The average Bonchev–Trinajstić information content (AvgIpc) is 2.32. The number of hydrogen-bond donors (Lipinski definition) is 1. The molecule has 0 radical (unpaired) electrons. The van der Waals surface area contributed by atoms with Crippen molar-refractivity contribution in [3.8, 4) is 0 Å². The van der Waals surface area contributed by atoms with Gasteiger partial charge in [0.25, 0.3) is 0 Å². The second-order valence-electron chi connectivity index (χ2n) is 5.56. The average molecular weight is 348 g/mol. The molecule has 1 aromatic heterocycles. The first kappa shape index (κ1) is 14.9. The van der Waals surface area contributed by atoms with Crippen LogP contribution < -0.4 is 0 Å². The van der Waals surface area contributed by atoms with Gasteiger partial charge in [0.15, 0.2) is 9.84 Å². The molecule has 1 heterocycles. The Balaban J connectivity index is 2.06. The fourth-order valence-electron chi connectivity index (χ4n) is 2.44. The van der Waals surface area contributed by atoms with Gasteiger partial charge in [-0.1, -0.05) is 0 Å². The third-order valence-corrected chi connectivity index (χ3v) is 5.96. The Morgan fingerprint density at radius 3 is 2.63 bits per heavy atom. The summed E-state index contributed by atoms with van der Waals surface area (Å²) in [6.07, 6.45) is 5.81. The largest absolute Gasteiger partial charge is 0.390 e. The molecule has 1 N–H and O–H groups in total. The highest BCUT2D eigenvalue weighted by atomic mass is 79.9. The number of nitrogens with zero attached hydrogens (tertiary/aromatic N) is 1. The lowest BCUT2D eigenvalue weighted by molar-refractivity contribution is 0.0108. The van der Waals surface area contributed by atoms with Crippen molar-refractivity contribution >= 4 is 25.8 Å². The number of aromatic nitrogens is 1. The van der Waals surface area contributed by atoms with E-state index in [4.69, 9.17) is 0 Å². The highest BCUT2D eigenvalue weighted by Crippen LogP contribution is 2.33. The number of aliphatic hydroxyl groups is 1. The van der Waals surface area contributed by atoms with Crippen LogP contribution in [0.5, 0.6) is 0 Å². The van der Waals surface area contributed by atoms with Gasteiger partial charge in [0.1, 0.15) is 0 Å². The maximum atomic E-state index is 12.3. The van der Waals surface area contributed by atoms with Gasteiger partial charge in [-0.2, -0.15) is 0 Å². The van der Waals surface area contributed by atoms with Crippen LogP contribution in [-0.4, -0.2) is 29.9 Å². The Kier molecular flexibility index (Phi) is 4.32. The van der Waals surface area contributed by atoms with Crippen LogP contribution in [0.4, 0.5) is 0 Å². The predicted octanol–water partition coefficient (Wildman–Crippen LogP) is 2.56. The van der Waals surface area contributed by atoms with Crippen LogP contribution in [0.15, 0.2) is 27.8 Å². The zero-order valence-corrected chi connectivity index (χ0v) is 13.2. The molecule has 6 heteroatoms. The van der Waals surface area contributed by atoms with Gasteiger partial charge in [0, 0.05) is 16.9 Å². The van der Waals surface area contributed by atoms with Gasteiger partial charge in [-0.3, -0.25) is 4.98 Å². The van der Waals surface area contributed by atoms with Crippen molar-refractivity contribution in [1.29, 1.82) is 0 Å². The number of halogens is 1. The van der Waals surface area contributed by atoms with E-state index in [1.807, 2.05) is 6.92 Å². The molecule has 0 aliphatic heterocycles.